The topological polar surface area (TPSA) is 37.2 Å². The molecule has 158 valence electrons. The highest BCUT2D eigenvalue weighted by atomic mass is 15.2. The number of pyridine rings is 1. The van der Waals surface area contributed by atoms with E-state index in [1.54, 1.807) is 0 Å². The standard InChI is InChI=1S/C24H37N5/c1-18-19(2)29(16-13-21-11-5-6-15-27(21)3)23(26-18)17-28(4)22-12-7-9-20-10-8-14-25-24(20)22/h8,10,14,21-22H,5-7,9,11-13,15-17H2,1-4H3. The third kappa shape index (κ3) is 4.41. The van der Waals surface area contributed by atoms with Crippen LogP contribution in [-0.2, 0) is 19.5 Å². The van der Waals surface area contributed by atoms with Gasteiger partial charge in [0, 0.05) is 24.5 Å². The third-order valence-electron chi connectivity index (χ3n) is 7.23. The molecule has 29 heavy (non-hydrogen) atoms. The van der Waals surface area contributed by atoms with E-state index in [-0.39, 0.29) is 0 Å². The molecule has 0 saturated carbocycles. The molecule has 3 heterocycles. The molecule has 2 unspecified atom stereocenters. The molecular formula is C24H37N5. The number of hydrogen-bond acceptors (Lipinski definition) is 4. The number of rotatable bonds is 6. The van der Waals surface area contributed by atoms with E-state index in [1.165, 1.54) is 73.5 Å². The molecule has 5 nitrogen and oxygen atoms in total. The number of nitrogens with zero attached hydrogens (tertiary/aromatic N) is 5. The summed E-state index contributed by atoms with van der Waals surface area (Å²) in [5, 5.41) is 0. The molecule has 1 saturated heterocycles. The summed E-state index contributed by atoms with van der Waals surface area (Å²) in [6.07, 6.45) is 10.8. The average Bonchev–Trinajstić information content (AvgIpc) is 2.99. The Morgan fingerprint density at radius 3 is 2.86 bits per heavy atom. The molecule has 1 fully saturated rings. The van der Waals surface area contributed by atoms with Crippen molar-refractivity contribution in [2.24, 2.45) is 0 Å². The minimum absolute atomic E-state index is 0.398. The van der Waals surface area contributed by atoms with Crippen molar-refractivity contribution < 1.29 is 0 Å². The van der Waals surface area contributed by atoms with E-state index in [9.17, 15) is 0 Å². The van der Waals surface area contributed by atoms with Crippen LogP contribution in [0.3, 0.4) is 0 Å². The maximum Gasteiger partial charge on any atom is 0.123 e. The Morgan fingerprint density at radius 2 is 2.03 bits per heavy atom. The van der Waals surface area contributed by atoms with Crippen LogP contribution in [0.15, 0.2) is 18.3 Å². The Labute approximate surface area is 176 Å². The molecule has 1 aliphatic heterocycles. The first kappa shape index (κ1) is 20.5. The van der Waals surface area contributed by atoms with E-state index in [4.69, 9.17) is 9.97 Å². The van der Waals surface area contributed by atoms with Crippen molar-refractivity contribution in [1.29, 1.82) is 0 Å². The Hall–Kier alpha value is -1.72. The van der Waals surface area contributed by atoms with Crippen LogP contribution in [0, 0.1) is 13.8 Å². The summed E-state index contributed by atoms with van der Waals surface area (Å²) in [5.41, 5.74) is 5.20. The van der Waals surface area contributed by atoms with E-state index in [0.29, 0.717) is 12.1 Å². The van der Waals surface area contributed by atoms with E-state index in [1.807, 2.05) is 6.20 Å². The number of aromatic nitrogens is 3. The molecule has 0 spiro atoms. The first-order valence-corrected chi connectivity index (χ1v) is 11.4. The number of likely N-dealkylation sites (tertiary alicyclic amines) is 1. The fraction of sp³-hybridized carbons (Fsp3) is 0.667. The highest BCUT2D eigenvalue weighted by Crippen LogP contribution is 2.32. The van der Waals surface area contributed by atoms with Crippen LogP contribution in [0.2, 0.25) is 0 Å². The molecule has 2 aliphatic rings. The van der Waals surface area contributed by atoms with Gasteiger partial charge in [-0.25, -0.2) is 4.98 Å². The molecule has 1 aliphatic carbocycles. The molecule has 0 N–H and O–H groups in total. The molecule has 2 aromatic rings. The maximum atomic E-state index is 4.97. The first-order valence-electron chi connectivity index (χ1n) is 11.4. The lowest BCUT2D eigenvalue weighted by Crippen LogP contribution is -2.37. The monoisotopic (exact) mass is 395 g/mol. The Balaban J connectivity index is 1.48. The van der Waals surface area contributed by atoms with Gasteiger partial charge in [0.2, 0.25) is 0 Å². The zero-order valence-corrected chi connectivity index (χ0v) is 18.7. The largest absolute Gasteiger partial charge is 0.331 e. The van der Waals surface area contributed by atoms with Crippen molar-refractivity contribution in [3.05, 3.63) is 46.8 Å². The van der Waals surface area contributed by atoms with Crippen molar-refractivity contribution in [2.45, 2.75) is 84.0 Å². The zero-order chi connectivity index (χ0) is 20.4. The lowest BCUT2D eigenvalue weighted by molar-refractivity contribution is 0.168. The predicted molar refractivity (Wildman–Crippen MR) is 118 cm³/mol. The number of piperidine rings is 1. The Kier molecular flexibility index (Phi) is 6.35. The van der Waals surface area contributed by atoms with Crippen molar-refractivity contribution in [3.8, 4) is 0 Å². The van der Waals surface area contributed by atoms with Crippen LogP contribution < -0.4 is 0 Å². The first-order chi connectivity index (χ1) is 14.0. The second-order valence-corrected chi connectivity index (χ2v) is 9.14. The number of hydrogen-bond donors (Lipinski definition) is 0. The minimum atomic E-state index is 0.398. The summed E-state index contributed by atoms with van der Waals surface area (Å²) >= 11 is 0. The summed E-state index contributed by atoms with van der Waals surface area (Å²) in [4.78, 5) is 14.7. The Bertz CT molecular complexity index is 827. The highest BCUT2D eigenvalue weighted by molar-refractivity contribution is 5.25. The summed E-state index contributed by atoms with van der Waals surface area (Å²) in [5.74, 6) is 1.21. The van der Waals surface area contributed by atoms with Gasteiger partial charge in [-0.05, 0) is 84.6 Å². The second-order valence-electron chi connectivity index (χ2n) is 9.14. The van der Waals surface area contributed by atoms with Crippen LogP contribution in [-0.4, -0.2) is 51.0 Å². The second kappa shape index (κ2) is 8.97. The smallest absolute Gasteiger partial charge is 0.123 e. The normalized spacial score (nSPS) is 22.8. The van der Waals surface area contributed by atoms with E-state index in [0.717, 1.165) is 19.5 Å². The molecule has 0 aromatic carbocycles. The van der Waals surface area contributed by atoms with Crippen LogP contribution >= 0.6 is 0 Å². The average molecular weight is 396 g/mol. The van der Waals surface area contributed by atoms with Crippen molar-refractivity contribution in [1.82, 2.24) is 24.3 Å². The van der Waals surface area contributed by atoms with Gasteiger partial charge in [-0.2, -0.15) is 0 Å². The SMILES string of the molecule is Cc1nc(CN(C)C2CCCc3cccnc32)n(CCC2CCCCN2C)c1C. The van der Waals surface area contributed by atoms with Gasteiger partial charge in [0.05, 0.1) is 24.0 Å². The summed E-state index contributed by atoms with van der Waals surface area (Å²) in [6.45, 7) is 7.59. The highest BCUT2D eigenvalue weighted by Gasteiger charge is 2.26. The minimum Gasteiger partial charge on any atom is -0.331 e. The molecular weight excluding hydrogens is 358 g/mol. The molecule has 2 atom stereocenters. The summed E-state index contributed by atoms with van der Waals surface area (Å²) in [7, 11) is 4.53. The number of fused-ring (bicyclic) bond motifs is 1. The zero-order valence-electron chi connectivity index (χ0n) is 18.7. The van der Waals surface area contributed by atoms with Crippen LogP contribution in [0.4, 0.5) is 0 Å². The van der Waals surface area contributed by atoms with Gasteiger partial charge in [-0.1, -0.05) is 12.5 Å². The van der Waals surface area contributed by atoms with Crippen LogP contribution in [0.5, 0.6) is 0 Å². The lowest BCUT2D eigenvalue weighted by Gasteiger charge is -2.33. The van der Waals surface area contributed by atoms with Gasteiger partial charge in [0.15, 0.2) is 0 Å². The quantitative estimate of drug-likeness (QED) is 0.732. The van der Waals surface area contributed by atoms with Gasteiger partial charge in [-0.3, -0.25) is 9.88 Å². The summed E-state index contributed by atoms with van der Waals surface area (Å²) < 4.78 is 2.48. The molecule has 0 radical (unpaired) electrons. The van der Waals surface area contributed by atoms with Gasteiger partial charge in [0.25, 0.3) is 0 Å². The predicted octanol–water partition coefficient (Wildman–Crippen LogP) is 4.28. The summed E-state index contributed by atoms with van der Waals surface area (Å²) in [6, 6.07) is 5.43. The fourth-order valence-electron chi connectivity index (χ4n) is 5.28. The lowest BCUT2D eigenvalue weighted by atomic mass is 9.91. The molecule has 0 bridgehead atoms. The van der Waals surface area contributed by atoms with E-state index >= 15 is 0 Å². The van der Waals surface area contributed by atoms with E-state index in [2.05, 4.69) is 54.4 Å². The van der Waals surface area contributed by atoms with Crippen molar-refractivity contribution >= 4 is 0 Å². The number of aryl methyl sites for hydroxylation is 2. The molecule has 0 amide bonds. The van der Waals surface area contributed by atoms with Gasteiger partial charge >= 0.3 is 0 Å². The molecule has 4 rings (SSSR count). The van der Waals surface area contributed by atoms with Crippen LogP contribution in [0.25, 0.3) is 0 Å². The van der Waals surface area contributed by atoms with Gasteiger partial charge < -0.3 is 9.47 Å². The fourth-order valence-corrected chi connectivity index (χ4v) is 5.28. The molecule has 5 heteroatoms. The van der Waals surface area contributed by atoms with E-state index < -0.39 is 0 Å². The third-order valence-corrected chi connectivity index (χ3v) is 7.23. The van der Waals surface area contributed by atoms with Crippen LogP contribution in [0.1, 0.15) is 73.0 Å². The Morgan fingerprint density at radius 1 is 1.17 bits per heavy atom. The van der Waals surface area contributed by atoms with Crippen molar-refractivity contribution in [3.63, 3.8) is 0 Å². The molecule has 2 aromatic heterocycles. The number of imidazole rings is 1. The van der Waals surface area contributed by atoms with Gasteiger partial charge in [-0.15, -0.1) is 0 Å². The maximum absolute atomic E-state index is 4.97. The van der Waals surface area contributed by atoms with Gasteiger partial charge in [0.1, 0.15) is 5.82 Å². The van der Waals surface area contributed by atoms with Crippen molar-refractivity contribution in [2.75, 3.05) is 20.6 Å².